The molecule has 0 aliphatic carbocycles. The maximum Gasteiger partial charge on any atom is 0.326 e. The van der Waals surface area contributed by atoms with E-state index in [0.717, 1.165) is 11.4 Å². The van der Waals surface area contributed by atoms with Crippen molar-refractivity contribution >= 4 is 23.3 Å². The van der Waals surface area contributed by atoms with Gasteiger partial charge in [0.25, 0.3) is 0 Å². The van der Waals surface area contributed by atoms with Crippen molar-refractivity contribution < 1.29 is 14.3 Å². The smallest absolute Gasteiger partial charge is 0.326 e. The highest BCUT2D eigenvalue weighted by Crippen LogP contribution is 2.31. The van der Waals surface area contributed by atoms with Gasteiger partial charge in [0.15, 0.2) is 0 Å². The Balaban J connectivity index is 2.27. The van der Waals surface area contributed by atoms with E-state index in [4.69, 9.17) is 4.74 Å². The summed E-state index contributed by atoms with van der Waals surface area (Å²) in [5.74, 6) is -0.477. The van der Waals surface area contributed by atoms with Crippen LogP contribution in [-0.4, -0.2) is 38.6 Å². The van der Waals surface area contributed by atoms with Crippen molar-refractivity contribution in [3.8, 4) is 0 Å². The first-order valence-electron chi connectivity index (χ1n) is 5.89. The van der Waals surface area contributed by atoms with Gasteiger partial charge in [-0.05, 0) is 19.1 Å². The van der Waals surface area contributed by atoms with Crippen LogP contribution in [0.15, 0.2) is 24.3 Å². The van der Waals surface area contributed by atoms with E-state index in [2.05, 4.69) is 0 Å². The van der Waals surface area contributed by atoms with Crippen molar-refractivity contribution in [3.05, 3.63) is 24.3 Å². The molecule has 1 aliphatic rings. The van der Waals surface area contributed by atoms with Crippen LogP contribution < -0.4 is 9.80 Å². The number of anilines is 2. The Morgan fingerprint density at radius 1 is 1.33 bits per heavy atom. The third kappa shape index (κ3) is 2.30. The van der Waals surface area contributed by atoms with Crippen LogP contribution in [0.4, 0.5) is 11.4 Å². The monoisotopic (exact) mass is 248 g/mol. The van der Waals surface area contributed by atoms with E-state index in [1.54, 1.807) is 6.92 Å². The minimum absolute atomic E-state index is 0.0302. The van der Waals surface area contributed by atoms with Crippen LogP contribution in [0, 0.1) is 0 Å². The van der Waals surface area contributed by atoms with Gasteiger partial charge >= 0.3 is 5.97 Å². The van der Waals surface area contributed by atoms with Gasteiger partial charge in [0.2, 0.25) is 5.91 Å². The maximum atomic E-state index is 12.0. The number of carbonyl (C=O) groups excluding carboxylic acids is 2. The third-order valence-corrected chi connectivity index (χ3v) is 2.85. The molecule has 1 amide bonds. The second-order valence-electron chi connectivity index (χ2n) is 4.13. The summed E-state index contributed by atoms with van der Waals surface area (Å²) in [4.78, 5) is 26.9. The zero-order valence-electron chi connectivity index (χ0n) is 10.5. The molecular formula is C13H16N2O3. The molecule has 0 atom stereocenters. The minimum atomic E-state index is -0.384. The number of nitrogens with zero attached hydrogens (tertiary/aromatic N) is 2. The Kier molecular flexibility index (Phi) is 3.50. The fourth-order valence-corrected chi connectivity index (χ4v) is 2.03. The van der Waals surface area contributed by atoms with Gasteiger partial charge in [0.05, 0.1) is 24.5 Å². The molecule has 0 N–H and O–H groups in total. The third-order valence-electron chi connectivity index (χ3n) is 2.85. The van der Waals surface area contributed by atoms with Crippen LogP contribution in [0.5, 0.6) is 0 Å². The summed E-state index contributed by atoms with van der Waals surface area (Å²) in [5, 5.41) is 0. The van der Waals surface area contributed by atoms with Gasteiger partial charge in [-0.2, -0.15) is 0 Å². The summed E-state index contributed by atoms with van der Waals surface area (Å²) in [6, 6.07) is 7.53. The topological polar surface area (TPSA) is 49.9 Å². The number of amides is 1. The average Bonchev–Trinajstić information content (AvgIpc) is 2.35. The van der Waals surface area contributed by atoms with Crippen LogP contribution in [0.2, 0.25) is 0 Å². The Morgan fingerprint density at radius 3 is 2.67 bits per heavy atom. The fraction of sp³-hybridized carbons (Fsp3) is 0.385. The van der Waals surface area contributed by atoms with Gasteiger partial charge in [0, 0.05) is 7.05 Å². The molecule has 1 aliphatic heterocycles. The molecule has 2 rings (SSSR count). The minimum Gasteiger partial charge on any atom is -0.465 e. The van der Waals surface area contributed by atoms with E-state index in [0.29, 0.717) is 6.61 Å². The first-order valence-corrected chi connectivity index (χ1v) is 5.89. The summed E-state index contributed by atoms with van der Waals surface area (Å²) in [7, 11) is 1.86. The number of ether oxygens (including phenoxy) is 1. The van der Waals surface area contributed by atoms with E-state index < -0.39 is 0 Å². The lowest BCUT2D eigenvalue weighted by Crippen LogP contribution is -2.46. The van der Waals surface area contributed by atoms with E-state index in [-0.39, 0.29) is 25.0 Å². The Hall–Kier alpha value is -2.04. The SMILES string of the molecule is CCOC(=O)CN1C(=O)CN(C)c2ccccc21. The lowest BCUT2D eigenvalue weighted by Gasteiger charge is -2.34. The van der Waals surface area contributed by atoms with Crippen LogP contribution in [-0.2, 0) is 14.3 Å². The molecule has 1 aromatic carbocycles. The van der Waals surface area contributed by atoms with E-state index in [9.17, 15) is 9.59 Å². The van der Waals surface area contributed by atoms with Gasteiger partial charge in [0.1, 0.15) is 6.54 Å². The molecule has 1 heterocycles. The summed E-state index contributed by atoms with van der Waals surface area (Å²) in [6.45, 7) is 2.31. The Labute approximate surface area is 106 Å². The fourth-order valence-electron chi connectivity index (χ4n) is 2.03. The predicted molar refractivity (Wildman–Crippen MR) is 68.7 cm³/mol. The summed E-state index contributed by atoms with van der Waals surface area (Å²) >= 11 is 0. The van der Waals surface area contributed by atoms with Gasteiger partial charge in [-0.1, -0.05) is 12.1 Å². The molecule has 0 unspecified atom stereocenters. The number of fused-ring (bicyclic) bond motifs is 1. The molecule has 0 saturated heterocycles. The second kappa shape index (κ2) is 5.08. The number of likely N-dealkylation sites (N-methyl/N-ethyl adjacent to an activating group) is 1. The van der Waals surface area contributed by atoms with Crippen molar-refractivity contribution in [1.29, 1.82) is 0 Å². The molecule has 1 aromatic rings. The van der Waals surface area contributed by atoms with Gasteiger partial charge in [-0.25, -0.2) is 0 Å². The first-order chi connectivity index (χ1) is 8.63. The standard InChI is InChI=1S/C13H16N2O3/c1-3-18-13(17)9-15-11-7-5-4-6-10(11)14(2)8-12(15)16/h4-7H,3,8-9H2,1-2H3. The van der Waals surface area contributed by atoms with Crippen LogP contribution >= 0.6 is 0 Å². The zero-order valence-corrected chi connectivity index (χ0v) is 10.5. The lowest BCUT2D eigenvalue weighted by atomic mass is 10.1. The quantitative estimate of drug-likeness (QED) is 0.750. The summed E-state index contributed by atoms with van der Waals surface area (Å²) in [5.41, 5.74) is 1.70. The summed E-state index contributed by atoms with van der Waals surface area (Å²) < 4.78 is 4.89. The van der Waals surface area contributed by atoms with Crippen LogP contribution in [0.1, 0.15) is 6.92 Å². The molecular weight excluding hydrogens is 232 g/mol. The number of carbonyl (C=O) groups is 2. The molecule has 0 fully saturated rings. The number of esters is 1. The molecule has 5 heteroatoms. The van der Waals surface area contributed by atoms with Crippen LogP contribution in [0.3, 0.4) is 0 Å². The van der Waals surface area contributed by atoms with Crippen molar-refractivity contribution in [2.24, 2.45) is 0 Å². The number of hydrogen-bond donors (Lipinski definition) is 0. The highest BCUT2D eigenvalue weighted by atomic mass is 16.5. The maximum absolute atomic E-state index is 12.0. The number of rotatable bonds is 3. The number of para-hydroxylation sites is 2. The molecule has 0 radical (unpaired) electrons. The molecule has 18 heavy (non-hydrogen) atoms. The van der Waals surface area contributed by atoms with Gasteiger partial charge in [-0.3, -0.25) is 14.5 Å². The van der Waals surface area contributed by atoms with Crippen LogP contribution in [0.25, 0.3) is 0 Å². The normalized spacial score (nSPS) is 14.4. The van der Waals surface area contributed by atoms with Crippen molar-refractivity contribution in [2.75, 3.05) is 36.5 Å². The highest BCUT2D eigenvalue weighted by molar-refractivity contribution is 6.05. The van der Waals surface area contributed by atoms with E-state index in [1.165, 1.54) is 4.90 Å². The average molecular weight is 248 g/mol. The summed E-state index contributed by atoms with van der Waals surface area (Å²) in [6.07, 6.45) is 0. The predicted octanol–water partition coefficient (Wildman–Crippen LogP) is 1.03. The number of hydrogen-bond acceptors (Lipinski definition) is 4. The second-order valence-corrected chi connectivity index (χ2v) is 4.13. The van der Waals surface area contributed by atoms with E-state index >= 15 is 0 Å². The molecule has 0 bridgehead atoms. The first kappa shape index (κ1) is 12.4. The van der Waals surface area contributed by atoms with Gasteiger partial charge < -0.3 is 9.64 Å². The van der Waals surface area contributed by atoms with Crippen molar-refractivity contribution in [1.82, 2.24) is 0 Å². The lowest BCUT2D eigenvalue weighted by molar-refractivity contribution is -0.142. The molecule has 0 spiro atoms. The highest BCUT2D eigenvalue weighted by Gasteiger charge is 2.28. The van der Waals surface area contributed by atoms with Gasteiger partial charge in [-0.15, -0.1) is 0 Å². The van der Waals surface area contributed by atoms with E-state index in [1.807, 2.05) is 36.2 Å². The van der Waals surface area contributed by atoms with Crippen molar-refractivity contribution in [3.63, 3.8) is 0 Å². The van der Waals surface area contributed by atoms with Crippen molar-refractivity contribution in [2.45, 2.75) is 6.92 Å². The molecule has 5 nitrogen and oxygen atoms in total. The Morgan fingerprint density at radius 2 is 2.00 bits per heavy atom. The largest absolute Gasteiger partial charge is 0.465 e. The molecule has 96 valence electrons. The molecule has 0 saturated carbocycles. The number of benzene rings is 1. The molecule has 0 aromatic heterocycles. The zero-order chi connectivity index (χ0) is 13.1. The Bertz CT molecular complexity index is 473.